The molecule has 12 heteroatoms. The molecule has 0 spiro atoms. The molecule has 4 atom stereocenters. The molecule has 2 bridgehead atoms. The van der Waals surface area contributed by atoms with Gasteiger partial charge in [0.25, 0.3) is 5.91 Å². The number of nitrogens with one attached hydrogen (secondary N) is 2. The van der Waals surface area contributed by atoms with E-state index in [0.29, 0.717) is 43.2 Å². The maximum atomic E-state index is 14.0. The lowest BCUT2D eigenvalue weighted by Gasteiger charge is -2.32. The number of nitrogens with zero attached hydrogens (tertiary/aromatic N) is 1. The molecule has 8 nitrogen and oxygen atoms in total. The Morgan fingerprint density at radius 2 is 1.70 bits per heavy atom. The second-order valence-electron chi connectivity index (χ2n) is 14.0. The van der Waals surface area contributed by atoms with Crippen LogP contribution in [0, 0.1) is 29.5 Å². The highest BCUT2D eigenvalue weighted by atomic mass is 19.4. The molecular formula is C35H39F4N3O5. The highest BCUT2D eigenvalue weighted by Crippen LogP contribution is 2.54. The van der Waals surface area contributed by atoms with Crippen LogP contribution in [0.15, 0.2) is 42.0 Å². The number of allylic oxidation sites excluding steroid dienone is 1. The summed E-state index contributed by atoms with van der Waals surface area (Å²) in [4.78, 5) is 42.2. The number of rotatable bonds is 6. The summed E-state index contributed by atoms with van der Waals surface area (Å²) in [6, 6.07) is 5.26. The molecule has 2 aromatic rings. The third kappa shape index (κ3) is 6.82. The Morgan fingerprint density at radius 3 is 2.36 bits per heavy atom. The quantitative estimate of drug-likeness (QED) is 0.261. The van der Waals surface area contributed by atoms with Crippen LogP contribution in [0.4, 0.5) is 28.0 Å². The SMILES string of the molecule is COc1cc2c(cc1C(=O)N[C@H]1[C@@H](C(=O)Nc3ccc(F)c(C(F)(F)F)c3)[C@H]3CC[C@@H]1/C3=C\C1CC1)CN(C(=O)OC(C)(C)C)CC2. The number of carbonyl (C=O) groups excluding carboxylic acids is 3. The molecule has 6 rings (SSSR count). The maximum Gasteiger partial charge on any atom is 0.419 e. The summed E-state index contributed by atoms with van der Waals surface area (Å²) in [5, 5.41) is 5.67. The molecule has 4 aliphatic rings. The number of amides is 3. The van der Waals surface area contributed by atoms with Crippen LogP contribution in [0.2, 0.25) is 0 Å². The van der Waals surface area contributed by atoms with Crippen molar-refractivity contribution in [1.29, 1.82) is 0 Å². The van der Waals surface area contributed by atoms with Crippen LogP contribution in [-0.2, 0) is 28.7 Å². The van der Waals surface area contributed by atoms with E-state index in [1.807, 2.05) is 0 Å². The summed E-state index contributed by atoms with van der Waals surface area (Å²) < 4.78 is 65.2. The van der Waals surface area contributed by atoms with Crippen molar-refractivity contribution in [1.82, 2.24) is 10.2 Å². The minimum atomic E-state index is -4.92. The Bertz CT molecular complexity index is 1630. The number of benzene rings is 2. The summed E-state index contributed by atoms with van der Waals surface area (Å²) in [7, 11) is 1.47. The molecule has 3 saturated carbocycles. The van der Waals surface area contributed by atoms with Crippen molar-refractivity contribution < 1.29 is 41.4 Å². The number of fused-ring (bicyclic) bond motifs is 3. The zero-order valence-electron chi connectivity index (χ0n) is 26.8. The molecule has 1 heterocycles. The van der Waals surface area contributed by atoms with Crippen molar-refractivity contribution >= 4 is 23.6 Å². The Hall–Kier alpha value is -4.09. The first-order valence-electron chi connectivity index (χ1n) is 16.0. The molecule has 0 saturated heterocycles. The van der Waals surface area contributed by atoms with Crippen LogP contribution in [0.1, 0.15) is 73.5 Å². The fourth-order valence-corrected chi connectivity index (χ4v) is 7.25. The summed E-state index contributed by atoms with van der Waals surface area (Å²) in [5.41, 5.74) is 0.792. The van der Waals surface area contributed by atoms with Crippen molar-refractivity contribution in [3.8, 4) is 5.75 Å². The van der Waals surface area contributed by atoms with E-state index in [0.717, 1.165) is 42.0 Å². The van der Waals surface area contributed by atoms with Gasteiger partial charge in [0.05, 0.1) is 24.2 Å². The van der Waals surface area contributed by atoms with E-state index in [1.54, 1.807) is 37.8 Å². The topological polar surface area (TPSA) is 97.0 Å². The highest BCUT2D eigenvalue weighted by molar-refractivity contribution is 5.99. The van der Waals surface area contributed by atoms with Gasteiger partial charge in [0.15, 0.2) is 0 Å². The largest absolute Gasteiger partial charge is 0.496 e. The maximum absolute atomic E-state index is 14.0. The lowest BCUT2D eigenvalue weighted by Crippen LogP contribution is -2.48. The van der Waals surface area contributed by atoms with Gasteiger partial charge in [-0.05, 0) is 106 Å². The van der Waals surface area contributed by atoms with Gasteiger partial charge in [-0.25, -0.2) is 9.18 Å². The molecule has 1 aliphatic heterocycles. The van der Waals surface area contributed by atoms with E-state index in [-0.39, 0.29) is 29.6 Å². The van der Waals surface area contributed by atoms with Gasteiger partial charge in [-0.2, -0.15) is 13.2 Å². The molecule has 0 radical (unpaired) electrons. The number of methoxy groups -OCH3 is 1. The van der Waals surface area contributed by atoms with Crippen LogP contribution in [0.3, 0.4) is 0 Å². The van der Waals surface area contributed by atoms with Crippen LogP contribution >= 0.6 is 0 Å². The van der Waals surface area contributed by atoms with E-state index in [9.17, 15) is 31.9 Å². The lowest BCUT2D eigenvalue weighted by atomic mass is 9.83. The smallest absolute Gasteiger partial charge is 0.419 e. The normalized spacial score (nSPS) is 24.6. The minimum absolute atomic E-state index is 0.106. The molecule has 0 aromatic heterocycles. The molecule has 3 fully saturated rings. The Morgan fingerprint density at radius 1 is 0.979 bits per heavy atom. The number of halogens is 4. The van der Waals surface area contributed by atoms with E-state index in [2.05, 4.69) is 16.7 Å². The first kappa shape index (κ1) is 32.8. The second kappa shape index (κ2) is 12.2. The summed E-state index contributed by atoms with van der Waals surface area (Å²) in [5.74, 6) is -2.67. The van der Waals surface area contributed by atoms with Crippen LogP contribution in [-0.4, -0.2) is 48.1 Å². The lowest BCUT2D eigenvalue weighted by molar-refractivity contribution is -0.140. The predicted octanol–water partition coefficient (Wildman–Crippen LogP) is 6.88. The molecule has 3 amide bonds. The first-order valence-corrected chi connectivity index (χ1v) is 16.0. The summed E-state index contributed by atoms with van der Waals surface area (Å²) in [6.45, 7) is 6.09. The number of hydrogen-bond acceptors (Lipinski definition) is 5. The van der Waals surface area contributed by atoms with Gasteiger partial charge in [0.2, 0.25) is 5.91 Å². The standard InChI is InChI=1S/C35H39F4N3O5/c1-34(2,3)47-33(45)42-12-11-19-15-28(46-4)25(14-20(19)17-42)31(43)41-30-23-9-8-22(24(23)13-18-5-6-18)29(30)32(44)40-21-7-10-27(36)26(16-21)35(37,38)39/h7,10,13-16,18,22-23,29-30H,5-6,8-9,11-12,17H2,1-4H3,(H,40,44)(H,41,43)/b24-13-/t22-,23+,29-,30+/m0/s1. The number of alkyl halides is 3. The number of hydrogen-bond donors (Lipinski definition) is 2. The van der Waals surface area contributed by atoms with Gasteiger partial charge in [0, 0.05) is 30.7 Å². The third-order valence-electron chi connectivity index (χ3n) is 9.52. The predicted molar refractivity (Wildman–Crippen MR) is 165 cm³/mol. The van der Waals surface area contributed by atoms with Gasteiger partial charge in [0.1, 0.15) is 17.2 Å². The second-order valence-corrected chi connectivity index (χ2v) is 14.0. The Kier molecular flexibility index (Phi) is 8.50. The summed E-state index contributed by atoms with van der Waals surface area (Å²) >= 11 is 0. The summed E-state index contributed by atoms with van der Waals surface area (Å²) in [6.07, 6.45) is 0.978. The Labute approximate surface area is 270 Å². The van der Waals surface area contributed by atoms with Gasteiger partial charge >= 0.3 is 12.3 Å². The number of ether oxygens (including phenoxy) is 2. The molecule has 47 heavy (non-hydrogen) atoms. The highest BCUT2D eigenvalue weighted by Gasteiger charge is 2.55. The average Bonchev–Trinajstić information content (AvgIpc) is 3.67. The Balaban J connectivity index is 1.26. The zero-order valence-corrected chi connectivity index (χ0v) is 26.8. The van der Waals surface area contributed by atoms with Crippen molar-refractivity contribution in [3.05, 3.63) is 70.1 Å². The van der Waals surface area contributed by atoms with Gasteiger partial charge in [-0.3, -0.25) is 9.59 Å². The molecule has 2 aromatic carbocycles. The van der Waals surface area contributed by atoms with Gasteiger partial charge < -0.3 is 25.0 Å². The molecule has 2 N–H and O–H groups in total. The minimum Gasteiger partial charge on any atom is -0.496 e. The van der Waals surface area contributed by atoms with Crippen molar-refractivity contribution in [2.45, 2.75) is 77.2 Å². The fourth-order valence-electron chi connectivity index (χ4n) is 7.25. The number of carbonyl (C=O) groups is 3. The van der Waals surface area contributed by atoms with Crippen molar-refractivity contribution in [2.24, 2.45) is 23.7 Å². The van der Waals surface area contributed by atoms with Crippen molar-refractivity contribution in [2.75, 3.05) is 19.0 Å². The molecule has 252 valence electrons. The van der Waals surface area contributed by atoms with Crippen LogP contribution < -0.4 is 15.4 Å². The van der Waals surface area contributed by atoms with E-state index >= 15 is 0 Å². The monoisotopic (exact) mass is 657 g/mol. The van der Waals surface area contributed by atoms with Gasteiger partial charge in [-0.1, -0.05) is 11.6 Å². The molecule has 3 aliphatic carbocycles. The molecule has 0 unspecified atom stereocenters. The van der Waals surface area contributed by atoms with E-state index in [4.69, 9.17) is 9.47 Å². The number of anilines is 1. The van der Waals surface area contributed by atoms with Crippen molar-refractivity contribution in [3.63, 3.8) is 0 Å². The molecular weight excluding hydrogens is 618 g/mol. The van der Waals surface area contributed by atoms with E-state index in [1.165, 1.54) is 7.11 Å². The fraction of sp³-hybridized carbons (Fsp3) is 0.514. The third-order valence-corrected chi connectivity index (χ3v) is 9.52. The first-order chi connectivity index (χ1) is 22.1. The zero-order chi connectivity index (χ0) is 33.8. The van der Waals surface area contributed by atoms with Crippen LogP contribution in [0.5, 0.6) is 5.75 Å². The average molecular weight is 658 g/mol. The van der Waals surface area contributed by atoms with E-state index < -0.39 is 53.0 Å². The van der Waals surface area contributed by atoms with Crippen LogP contribution in [0.25, 0.3) is 0 Å². The van der Waals surface area contributed by atoms with Gasteiger partial charge in [-0.15, -0.1) is 0 Å².